The Morgan fingerprint density at radius 2 is 1.74 bits per heavy atom. The van der Waals surface area contributed by atoms with Gasteiger partial charge in [0.2, 0.25) is 10.0 Å². The summed E-state index contributed by atoms with van der Waals surface area (Å²) in [5.41, 5.74) is 4.42. The highest BCUT2D eigenvalue weighted by molar-refractivity contribution is 7.89. The zero-order valence-corrected chi connectivity index (χ0v) is 18.7. The van der Waals surface area contributed by atoms with Crippen molar-refractivity contribution in [2.75, 3.05) is 14.2 Å². The van der Waals surface area contributed by atoms with E-state index in [0.29, 0.717) is 17.0 Å². The van der Waals surface area contributed by atoms with E-state index < -0.39 is 10.0 Å². The van der Waals surface area contributed by atoms with Crippen LogP contribution in [0.5, 0.6) is 5.75 Å². The number of ether oxygens (including phenoxy) is 1. The Morgan fingerprint density at radius 3 is 2.35 bits per heavy atom. The van der Waals surface area contributed by atoms with Crippen LogP contribution in [0.2, 0.25) is 0 Å². The number of nitrogens with one attached hydrogen (secondary N) is 2. The van der Waals surface area contributed by atoms with Gasteiger partial charge in [-0.2, -0.15) is 0 Å². The number of aromatic nitrogens is 1. The van der Waals surface area contributed by atoms with Gasteiger partial charge in [0.05, 0.1) is 24.1 Å². The maximum absolute atomic E-state index is 12.7. The van der Waals surface area contributed by atoms with Gasteiger partial charge in [-0.15, -0.1) is 0 Å². The highest BCUT2D eigenvalue weighted by Gasteiger charge is 2.19. The Morgan fingerprint density at radius 1 is 1.03 bits per heavy atom. The lowest BCUT2D eigenvalue weighted by molar-refractivity contribution is 0.0962. The maximum Gasteiger partial charge on any atom is 0.252 e. The lowest BCUT2D eigenvalue weighted by atomic mass is 10.1. The van der Waals surface area contributed by atoms with Crippen LogP contribution in [0.25, 0.3) is 11.3 Å². The second kappa shape index (κ2) is 9.28. The quantitative estimate of drug-likeness (QED) is 0.589. The molecule has 3 aromatic rings. The van der Waals surface area contributed by atoms with Crippen molar-refractivity contribution in [3.63, 3.8) is 0 Å². The first-order valence-electron chi connectivity index (χ1n) is 9.68. The van der Waals surface area contributed by atoms with Crippen LogP contribution >= 0.6 is 0 Å². The molecule has 1 amide bonds. The zero-order chi connectivity index (χ0) is 22.6. The van der Waals surface area contributed by atoms with Gasteiger partial charge in [-0.3, -0.25) is 9.78 Å². The van der Waals surface area contributed by atoms with Crippen molar-refractivity contribution in [2.45, 2.75) is 25.3 Å². The average molecular weight is 440 g/mol. The number of nitrogens with zero attached hydrogens (tertiary/aromatic N) is 1. The predicted octanol–water partition coefficient (Wildman–Crippen LogP) is 3.21. The minimum Gasteiger partial charge on any atom is -0.495 e. The molecular formula is C23H25N3O4S. The number of amides is 1. The lowest BCUT2D eigenvalue weighted by Crippen LogP contribution is -2.23. The van der Waals surface area contributed by atoms with Crippen LogP contribution in [0.1, 0.15) is 27.2 Å². The number of rotatable bonds is 7. The summed E-state index contributed by atoms with van der Waals surface area (Å²) in [7, 11) is -0.707. The molecule has 0 aliphatic heterocycles. The van der Waals surface area contributed by atoms with Gasteiger partial charge in [-0.25, -0.2) is 13.1 Å². The Hall–Kier alpha value is -3.23. The van der Waals surface area contributed by atoms with E-state index in [0.717, 1.165) is 22.4 Å². The topological polar surface area (TPSA) is 97.4 Å². The van der Waals surface area contributed by atoms with E-state index in [1.165, 1.54) is 7.11 Å². The van der Waals surface area contributed by atoms with Crippen molar-refractivity contribution in [1.29, 1.82) is 0 Å². The monoisotopic (exact) mass is 439 g/mol. The fourth-order valence-electron chi connectivity index (χ4n) is 3.14. The molecule has 3 rings (SSSR count). The number of carbonyl (C=O) groups excluding carboxylic acids is 1. The molecule has 1 aromatic heterocycles. The zero-order valence-electron chi connectivity index (χ0n) is 17.9. The van der Waals surface area contributed by atoms with E-state index in [1.54, 1.807) is 44.3 Å². The lowest BCUT2D eigenvalue weighted by Gasteiger charge is -2.12. The van der Waals surface area contributed by atoms with Crippen LogP contribution < -0.4 is 14.8 Å². The first kappa shape index (κ1) is 22.5. The SMILES string of the molecule is CNC(=O)c1ccc(-c2ccc(CNS(=O)(=O)c3cc(C)ccc3OC)cc2)nc1C. The summed E-state index contributed by atoms with van der Waals surface area (Å²) in [6.45, 7) is 3.76. The van der Waals surface area contributed by atoms with Gasteiger partial charge in [0.1, 0.15) is 10.6 Å². The Kier molecular flexibility index (Phi) is 6.72. The van der Waals surface area contributed by atoms with Crippen molar-refractivity contribution >= 4 is 15.9 Å². The minimum atomic E-state index is -3.73. The highest BCUT2D eigenvalue weighted by Crippen LogP contribution is 2.25. The number of hydrogen-bond acceptors (Lipinski definition) is 5. The molecule has 0 radical (unpaired) electrons. The maximum atomic E-state index is 12.7. The van der Waals surface area contributed by atoms with E-state index in [2.05, 4.69) is 15.0 Å². The van der Waals surface area contributed by atoms with E-state index in [4.69, 9.17) is 4.74 Å². The predicted molar refractivity (Wildman–Crippen MR) is 120 cm³/mol. The van der Waals surface area contributed by atoms with Crippen molar-refractivity contribution in [3.05, 3.63) is 77.0 Å². The first-order chi connectivity index (χ1) is 14.7. The van der Waals surface area contributed by atoms with Gasteiger partial charge in [0.15, 0.2) is 0 Å². The Labute approximate surface area is 182 Å². The summed E-state index contributed by atoms with van der Waals surface area (Å²) in [5, 5.41) is 2.59. The second-order valence-corrected chi connectivity index (χ2v) is 8.82. The third-order valence-electron chi connectivity index (χ3n) is 4.88. The normalized spacial score (nSPS) is 11.2. The van der Waals surface area contributed by atoms with E-state index in [1.807, 2.05) is 31.2 Å². The molecule has 0 bridgehead atoms. The molecule has 162 valence electrons. The summed E-state index contributed by atoms with van der Waals surface area (Å²) >= 11 is 0. The molecule has 7 nitrogen and oxygen atoms in total. The Bertz CT molecular complexity index is 1210. The summed E-state index contributed by atoms with van der Waals surface area (Å²) in [6, 6.07) is 16.0. The van der Waals surface area contributed by atoms with Crippen LogP contribution in [0.15, 0.2) is 59.5 Å². The van der Waals surface area contributed by atoms with Gasteiger partial charge in [0.25, 0.3) is 5.91 Å². The number of benzene rings is 2. The molecular weight excluding hydrogens is 414 g/mol. The number of methoxy groups -OCH3 is 1. The molecule has 0 fully saturated rings. The van der Waals surface area contributed by atoms with Crippen LogP contribution in [0.4, 0.5) is 0 Å². The largest absolute Gasteiger partial charge is 0.495 e. The second-order valence-electron chi connectivity index (χ2n) is 7.08. The van der Waals surface area contributed by atoms with E-state index in [9.17, 15) is 13.2 Å². The summed E-state index contributed by atoms with van der Waals surface area (Å²) in [6.07, 6.45) is 0. The third kappa shape index (κ3) is 5.10. The van der Waals surface area contributed by atoms with Crippen LogP contribution in [-0.4, -0.2) is 33.5 Å². The van der Waals surface area contributed by atoms with E-state index >= 15 is 0 Å². The standard InChI is InChI=1S/C23H25N3O4S/c1-15-5-12-21(30-4)22(13-15)31(28,29)25-14-17-6-8-18(9-7-17)20-11-10-19(16(2)26-20)23(27)24-3/h5-13,25H,14H2,1-4H3,(H,24,27). The van der Waals surface area contributed by atoms with Gasteiger partial charge in [0, 0.05) is 19.2 Å². The molecule has 0 atom stereocenters. The average Bonchev–Trinajstić information content (AvgIpc) is 2.77. The van der Waals surface area contributed by atoms with Gasteiger partial charge < -0.3 is 10.1 Å². The highest BCUT2D eigenvalue weighted by atomic mass is 32.2. The van der Waals surface area contributed by atoms with Gasteiger partial charge in [-0.1, -0.05) is 30.3 Å². The molecule has 0 unspecified atom stereocenters. The fourth-order valence-corrected chi connectivity index (χ4v) is 4.41. The van der Waals surface area contributed by atoms with Gasteiger partial charge >= 0.3 is 0 Å². The molecule has 0 aliphatic rings. The van der Waals surface area contributed by atoms with E-state index in [-0.39, 0.29) is 17.3 Å². The smallest absolute Gasteiger partial charge is 0.252 e. The fraction of sp³-hybridized carbons (Fsp3) is 0.217. The third-order valence-corrected chi connectivity index (χ3v) is 6.30. The molecule has 0 saturated heterocycles. The molecule has 8 heteroatoms. The van der Waals surface area contributed by atoms with Crippen molar-refractivity contribution < 1.29 is 17.9 Å². The van der Waals surface area contributed by atoms with Crippen molar-refractivity contribution in [3.8, 4) is 17.0 Å². The molecule has 0 aliphatic carbocycles. The number of sulfonamides is 1. The molecule has 2 aromatic carbocycles. The molecule has 2 N–H and O–H groups in total. The Balaban J connectivity index is 1.75. The van der Waals surface area contributed by atoms with Crippen LogP contribution in [0, 0.1) is 13.8 Å². The molecule has 0 spiro atoms. The summed E-state index contributed by atoms with van der Waals surface area (Å²) in [5.74, 6) is 0.125. The minimum absolute atomic E-state index is 0.113. The molecule has 1 heterocycles. The summed E-state index contributed by atoms with van der Waals surface area (Å²) < 4.78 is 33.3. The number of hydrogen-bond donors (Lipinski definition) is 2. The van der Waals surface area contributed by atoms with Crippen LogP contribution in [-0.2, 0) is 16.6 Å². The number of pyridine rings is 1. The van der Waals surface area contributed by atoms with Gasteiger partial charge in [-0.05, 0) is 49.2 Å². The van der Waals surface area contributed by atoms with Crippen molar-refractivity contribution in [1.82, 2.24) is 15.0 Å². The van der Waals surface area contributed by atoms with Crippen molar-refractivity contribution in [2.24, 2.45) is 0 Å². The molecule has 31 heavy (non-hydrogen) atoms. The first-order valence-corrected chi connectivity index (χ1v) is 11.2. The summed E-state index contributed by atoms with van der Waals surface area (Å²) in [4.78, 5) is 16.4. The molecule has 0 saturated carbocycles. The van der Waals surface area contributed by atoms with Crippen LogP contribution in [0.3, 0.4) is 0 Å². The number of carbonyl (C=O) groups is 1. The number of aryl methyl sites for hydroxylation is 2.